The number of aromatic nitrogens is 2. The summed E-state index contributed by atoms with van der Waals surface area (Å²) in [7, 11) is 0. The van der Waals surface area contributed by atoms with Crippen molar-refractivity contribution in [1.82, 2.24) is 9.97 Å². The van der Waals surface area contributed by atoms with Gasteiger partial charge in [0.05, 0.1) is 0 Å². The summed E-state index contributed by atoms with van der Waals surface area (Å²) in [5.41, 5.74) is 7.64. The predicted octanol–water partition coefficient (Wildman–Crippen LogP) is 9.55. The van der Waals surface area contributed by atoms with Gasteiger partial charge in [-0.3, -0.25) is 4.98 Å². The Morgan fingerprint density at radius 1 is 0.674 bits per heavy atom. The first-order valence-electron chi connectivity index (χ1n) is 13.8. The Balaban J connectivity index is 0.00000329. The molecule has 0 aliphatic heterocycles. The maximum absolute atomic E-state index is 15.1. The molecule has 0 radical (unpaired) electrons. The quantitative estimate of drug-likeness (QED) is 0.130. The Bertz CT molecular complexity index is 2030. The van der Waals surface area contributed by atoms with Crippen LogP contribution < -0.4 is 4.98 Å². The van der Waals surface area contributed by atoms with E-state index in [0.717, 1.165) is 39.2 Å². The Morgan fingerprint density at radius 2 is 1.44 bits per heavy atom. The molecule has 2 aromatic heterocycles. The van der Waals surface area contributed by atoms with E-state index in [0.29, 0.717) is 27.4 Å². The molecule has 0 aliphatic carbocycles. The molecule has 2 nitrogen and oxygen atoms in total. The van der Waals surface area contributed by atoms with E-state index in [1.807, 2.05) is 74.5 Å². The van der Waals surface area contributed by atoms with Crippen LogP contribution in [-0.4, -0.2) is 4.98 Å². The van der Waals surface area contributed by atoms with E-state index < -0.39 is 11.2 Å². The maximum Gasteiger partial charge on any atom is 3.00 e. The molecular formula is C38H25AuF2N2. The number of halogens is 2. The van der Waals surface area contributed by atoms with Crippen LogP contribution in [0.1, 0.15) is 25.1 Å². The fourth-order valence-electron chi connectivity index (χ4n) is 5.63. The van der Waals surface area contributed by atoms with E-state index in [1.165, 1.54) is 24.3 Å². The molecule has 0 saturated heterocycles. The van der Waals surface area contributed by atoms with Crippen molar-refractivity contribution in [1.29, 1.82) is 0 Å². The van der Waals surface area contributed by atoms with Crippen LogP contribution in [-0.2, 0) is 27.8 Å². The van der Waals surface area contributed by atoms with Gasteiger partial charge in [-0.1, -0.05) is 67.9 Å². The van der Waals surface area contributed by atoms with Gasteiger partial charge in [-0.05, 0) is 52.2 Å². The number of hydrogen-bond acceptors (Lipinski definition) is 1. The smallest absolute Gasteiger partial charge is 0.657 e. The Labute approximate surface area is 265 Å². The van der Waals surface area contributed by atoms with Gasteiger partial charge in [0.25, 0.3) is 0 Å². The summed E-state index contributed by atoms with van der Waals surface area (Å²) in [5.74, 6) is -0.773. The zero-order valence-corrected chi connectivity index (χ0v) is 25.6. The molecular weight excluding hydrogens is 719 g/mol. The van der Waals surface area contributed by atoms with Gasteiger partial charge in [-0.15, -0.1) is 28.7 Å². The Morgan fingerprint density at radius 3 is 2.23 bits per heavy atom. The van der Waals surface area contributed by atoms with Crippen LogP contribution in [0, 0.1) is 23.8 Å². The zero-order valence-electron chi connectivity index (χ0n) is 23.4. The number of fused-ring (bicyclic) bond motifs is 3. The Hall–Kier alpha value is -4.35. The summed E-state index contributed by atoms with van der Waals surface area (Å²) in [6.07, 6.45) is 0. The van der Waals surface area contributed by atoms with Gasteiger partial charge < -0.3 is 4.98 Å². The molecule has 0 bridgehead atoms. The normalized spacial score (nSPS) is 11.5. The molecule has 43 heavy (non-hydrogen) atoms. The van der Waals surface area contributed by atoms with E-state index >= 15 is 4.39 Å². The summed E-state index contributed by atoms with van der Waals surface area (Å²) in [4.78, 5) is 9.90. The first-order chi connectivity index (χ1) is 20.4. The van der Waals surface area contributed by atoms with E-state index in [4.69, 9.17) is 9.97 Å². The first kappa shape index (κ1) is 28.8. The van der Waals surface area contributed by atoms with E-state index in [1.54, 1.807) is 6.07 Å². The molecule has 0 saturated carbocycles. The third-order valence-corrected chi connectivity index (χ3v) is 7.87. The number of nitrogens with zero attached hydrogens (tertiary/aromatic N) is 2. The van der Waals surface area contributed by atoms with E-state index in [2.05, 4.69) is 36.4 Å². The van der Waals surface area contributed by atoms with Crippen molar-refractivity contribution in [2.24, 2.45) is 0 Å². The average Bonchev–Trinajstić information content (AvgIpc) is 3.38. The number of hydrogen-bond donors (Lipinski definition) is 0. The van der Waals surface area contributed by atoms with Crippen molar-refractivity contribution >= 4 is 21.8 Å². The largest absolute Gasteiger partial charge is 3.00 e. The van der Waals surface area contributed by atoms with Gasteiger partial charge in [0, 0.05) is 16.8 Å². The van der Waals surface area contributed by atoms with Crippen LogP contribution in [0.3, 0.4) is 0 Å². The van der Waals surface area contributed by atoms with Gasteiger partial charge in [-0.2, -0.15) is 42.0 Å². The van der Waals surface area contributed by atoms with Gasteiger partial charge in [0.2, 0.25) is 0 Å². The summed E-state index contributed by atoms with van der Waals surface area (Å²) in [6, 6.07) is 42.5. The van der Waals surface area contributed by atoms with Crippen molar-refractivity contribution in [3.63, 3.8) is 0 Å². The number of benzene rings is 5. The molecule has 0 spiro atoms. The van der Waals surface area contributed by atoms with Crippen molar-refractivity contribution in [2.45, 2.75) is 19.3 Å². The van der Waals surface area contributed by atoms with E-state index in [9.17, 15) is 4.39 Å². The second-order valence-electron chi connectivity index (χ2n) is 11.0. The van der Waals surface area contributed by atoms with Crippen LogP contribution in [0.4, 0.5) is 8.78 Å². The van der Waals surface area contributed by atoms with Gasteiger partial charge in [0.1, 0.15) is 11.6 Å². The minimum absolute atomic E-state index is 0. The molecule has 0 N–H and O–H groups in total. The second kappa shape index (κ2) is 11.4. The van der Waals surface area contributed by atoms with Gasteiger partial charge in [-0.25, -0.2) is 14.3 Å². The molecule has 7 rings (SSSR count). The monoisotopic (exact) mass is 744 g/mol. The van der Waals surface area contributed by atoms with Crippen LogP contribution in [0.25, 0.3) is 55.3 Å². The molecule has 0 unspecified atom stereocenters. The minimum Gasteiger partial charge on any atom is -0.657 e. The van der Waals surface area contributed by atoms with Gasteiger partial charge >= 0.3 is 22.4 Å². The average molecular weight is 745 g/mol. The summed E-state index contributed by atoms with van der Waals surface area (Å²) < 4.78 is 29.1. The zero-order chi connectivity index (χ0) is 28.8. The van der Waals surface area contributed by atoms with E-state index in [-0.39, 0.29) is 28.2 Å². The SMILES string of the molecule is CC(C)(c1cccc(-c2[c-]c(-c3[c-]cccc3)cc(-c3ccccc3)c2)n1)c1cc(F)cc2c1[n-]c1ccc(F)cc12.[Au+3]. The fourth-order valence-corrected chi connectivity index (χ4v) is 5.63. The molecule has 0 aliphatic rings. The minimum atomic E-state index is -0.709. The molecule has 0 fully saturated rings. The third kappa shape index (κ3) is 5.34. The molecule has 0 amide bonds. The third-order valence-electron chi connectivity index (χ3n) is 7.87. The topological polar surface area (TPSA) is 27.0 Å². The standard InChI is InChI=1S/C38H25F2N2.Au/c1-38(2,33-23-30(40)22-32-31-21-29(39)16-17-35(31)42-37(32)33)36-15-9-14-34(41-36)28-19-26(24-10-5-3-6-11-24)18-27(20-28)25-12-7-4-8-13-25;/h3-12,14-19,21-23H,1-2H3;/q-3;+3. The van der Waals surface area contributed by atoms with Crippen LogP contribution in [0.15, 0.2) is 115 Å². The summed E-state index contributed by atoms with van der Waals surface area (Å²) >= 11 is 0. The predicted molar refractivity (Wildman–Crippen MR) is 165 cm³/mol. The molecule has 7 aromatic rings. The molecule has 5 heteroatoms. The summed E-state index contributed by atoms with van der Waals surface area (Å²) in [5, 5.41) is 1.19. The van der Waals surface area contributed by atoms with Crippen molar-refractivity contribution < 1.29 is 31.2 Å². The molecule has 212 valence electrons. The van der Waals surface area contributed by atoms with Crippen molar-refractivity contribution in [3.05, 3.63) is 150 Å². The second-order valence-corrected chi connectivity index (χ2v) is 11.0. The number of rotatable bonds is 5. The number of pyridine rings is 1. The fraction of sp³-hybridized carbons (Fsp3) is 0.0789. The molecule has 0 atom stereocenters. The van der Waals surface area contributed by atoms with Crippen LogP contribution >= 0.6 is 0 Å². The molecule has 2 heterocycles. The van der Waals surface area contributed by atoms with Gasteiger partial charge in [0.15, 0.2) is 0 Å². The van der Waals surface area contributed by atoms with Crippen LogP contribution in [0.5, 0.6) is 0 Å². The maximum atomic E-state index is 15.1. The van der Waals surface area contributed by atoms with Crippen LogP contribution in [0.2, 0.25) is 0 Å². The summed E-state index contributed by atoms with van der Waals surface area (Å²) in [6.45, 7) is 4.03. The van der Waals surface area contributed by atoms with Crippen molar-refractivity contribution in [2.75, 3.05) is 0 Å². The first-order valence-corrected chi connectivity index (χ1v) is 13.8. The Kier molecular flexibility index (Phi) is 7.61. The van der Waals surface area contributed by atoms with Crippen molar-refractivity contribution in [3.8, 4) is 33.5 Å². The molecule has 5 aromatic carbocycles.